The molecule has 0 aliphatic heterocycles. The first-order chi connectivity index (χ1) is 10.9. The largest absolute Gasteiger partial charge is 0.273 e. The van der Waals surface area contributed by atoms with Crippen LogP contribution in [0.3, 0.4) is 0 Å². The number of amides is 1. The molecule has 2 aromatic carbocycles. The average Bonchev–Trinajstić information content (AvgIpc) is 2.50. The van der Waals surface area contributed by atoms with E-state index in [0.717, 1.165) is 31.3 Å². The van der Waals surface area contributed by atoms with E-state index in [-0.39, 0.29) is 5.91 Å². The lowest BCUT2D eigenvalue weighted by Crippen LogP contribution is -2.21. The van der Waals surface area contributed by atoms with Gasteiger partial charge in [-0.25, -0.2) is 5.43 Å². The van der Waals surface area contributed by atoms with Crippen molar-refractivity contribution in [2.45, 2.75) is 27.2 Å². The van der Waals surface area contributed by atoms with Gasteiger partial charge in [0.1, 0.15) is 0 Å². The third-order valence-electron chi connectivity index (χ3n) is 3.52. The number of nitrogens with zero attached hydrogens (tertiary/aromatic N) is 1. The number of carbonyl (C=O) groups is 1. The number of rotatable bonds is 4. The van der Waals surface area contributed by atoms with Crippen LogP contribution in [-0.4, -0.2) is 11.6 Å². The molecule has 0 aromatic heterocycles. The van der Waals surface area contributed by atoms with Gasteiger partial charge in [-0.15, -0.1) is 0 Å². The van der Waals surface area contributed by atoms with Crippen molar-refractivity contribution >= 4 is 43.5 Å². The van der Waals surface area contributed by atoms with E-state index >= 15 is 0 Å². The zero-order valence-electron chi connectivity index (χ0n) is 13.3. The van der Waals surface area contributed by atoms with E-state index in [1.165, 1.54) is 5.56 Å². The van der Waals surface area contributed by atoms with Crippen LogP contribution < -0.4 is 5.43 Å². The molecule has 0 unspecified atom stereocenters. The molecule has 0 atom stereocenters. The summed E-state index contributed by atoms with van der Waals surface area (Å²) in [7, 11) is 0. The standard InChI is InChI=1S/C18H18Br2N2O/c1-11-4-5-14(12(2)8-11)9-18(23)22-21-13(3)16-10-15(19)6-7-17(16)20/h4-8,10H,9H2,1-3H3,(H,22,23)/b21-13-. The first-order valence-corrected chi connectivity index (χ1v) is 8.80. The molecule has 0 radical (unpaired) electrons. The third-order valence-corrected chi connectivity index (χ3v) is 4.70. The van der Waals surface area contributed by atoms with Gasteiger partial charge in [0.2, 0.25) is 5.91 Å². The Morgan fingerprint density at radius 2 is 1.87 bits per heavy atom. The first-order valence-electron chi connectivity index (χ1n) is 7.21. The predicted octanol–water partition coefficient (Wildman–Crippen LogP) is 4.91. The van der Waals surface area contributed by atoms with Gasteiger partial charge in [0, 0.05) is 14.5 Å². The molecule has 1 amide bonds. The Hall–Kier alpha value is -1.46. The maximum Gasteiger partial charge on any atom is 0.244 e. The van der Waals surface area contributed by atoms with Crippen molar-refractivity contribution in [2.24, 2.45) is 5.10 Å². The Bertz CT molecular complexity index is 770. The van der Waals surface area contributed by atoms with Crippen molar-refractivity contribution in [1.82, 2.24) is 5.43 Å². The number of halogens is 2. The van der Waals surface area contributed by atoms with Gasteiger partial charge in [0.15, 0.2) is 0 Å². The molecule has 2 aromatic rings. The second kappa shape index (κ2) is 7.88. The van der Waals surface area contributed by atoms with Crippen LogP contribution in [-0.2, 0) is 11.2 Å². The van der Waals surface area contributed by atoms with Gasteiger partial charge in [0.25, 0.3) is 0 Å². The van der Waals surface area contributed by atoms with Crippen LogP contribution in [0, 0.1) is 13.8 Å². The van der Waals surface area contributed by atoms with Crippen LogP contribution in [0.25, 0.3) is 0 Å². The van der Waals surface area contributed by atoms with Gasteiger partial charge in [-0.05, 0) is 50.1 Å². The van der Waals surface area contributed by atoms with Crippen LogP contribution in [0.5, 0.6) is 0 Å². The summed E-state index contributed by atoms with van der Waals surface area (Å²) in [6, 6.07) is 11.9. The second-order valence-corrected chi connectivity index (χ2v) is 7.23. The fraction of sp³-hybridized carbons (Fsp3) is 0.222. The van der Waals surface area contributed by atoms with Crippen molar-refractivity contribution in [1.29, 1.82) is 0 Å². The van der Waals surface area contributed by atoms with Crippen LogP contribution >= 0.6 is 31.9 Å². The number of hydrazone groups is 1. The Kier molecular flexibility index (Phi) is 6.13. The summed E-state index contributed by atoms with van der Waals surface area (Å²) in [5, 5.41) is 4.21. The van der Waals surface area contributed by atoms with Gasteiger partial charge in [0.05, 0.1) is 12.1 Å². The highest BCUT2D eigenvalue weighted by molar-refractivity contribution is 9.11. The normalized spacial score (nSPS) is 11.4. The van der Waals surface area contributed by atoms with E-state index < -0.39 is 0 Å². The van der Waals surface area contributed by atoms with E-state index in [2.05, 4.69) is 48.5 Å². The van der Waals surface area contributed by atoms with Gasteiger partial charge in [-0.1, -0.05) is 55.6 Å². The van der Waals surface area contributed by atoms with Crippen LogP contribution in [0.2, 0.25) is 0 Å². The fourth-order valence-electron chi connectivity index (χ4n) is 2.24. The number of nitrogens with one attached hydrogen (secondary N) is 1. The zero-order valence-corrected chi connectivity index (χ0v) is 16.5. The van der Waals surface area contributed by atoms with E-state index in [4.69, 9.17) is 0 Å². The van der Waals surface area contributed by atoms with E-state index in [1.54, 1.807) is 0 Å². The molecule has 120 valence electrons. The van der Waals surface area contributed by atoms with Crippen molar-refractivity contribution in [3.63, 3.8) is 0 Å². The van der Waals surface area contributed by atoms with Gasteiger partial charge in [-0.3, -0.25) is 4.79 Å². The van der Waals surface area contributed by atoms with E-state index in [9.17, 15) is 4.79 Å². The second-order valence-electron chi connectivity index (χ2n) is 5.46. The molecule has 0 heterocycles. The molecule has 3 nitrogen and oxygen atoms in total. The summed E-state index contributed by atoms with van der Waals surface area (Å²) in [5.41, 5.74) is 7.64. The van der Waals surface area contributed by atoms with Crippen molar-refractivity contribution in [3.05, 3.63) is 67.6 Å². The minimum absolute atomic E-state index is 0.123. The number of hydrogen-bond acceptors (Lipinski definition) is 2. The fourth-order valence-corrected chi connectivity index (χ4v) is 3.13. The van der Waals surface area contributed by atoms with Gasteiger partial charge < -0.3 is 0 Å². The van der Waals surface area contributed by atoms with E-state index in [1.807, 2.05) is 51.1 Å². The molecular weight excluding hydrogens is 420 g/mol. The molecule has 0 fully saturated rings. The lowest BCUT2D eigenvalue weighted by atomic mass is 10.0. The summed E-state index contributed by atoms with van der Waals surface area (Å²) in [4.78, 5) is 12.1. The van der Waals surface area contributed by atoms with Gasteiger partial charge in [-0.2, -0.15) is 5.10 Å². The first kappa shape index (κ1) is 17.9. The molecule has 2 rings (SSSR count). The molecule has 23 heavy (non-hydrogen) atoms. The summed E-state index contributed by atoms with van der Waals surface area (Å²) in [6.07, 6.45) is 0.322. The highest BCUT2D eigenvalue weighted by Crippen LogP contribution is 2.22. The maximum atomic E-state index is 12.1. The van der Waals surface area contributed by atoms with Crippen molar-refractivity contribution < 1.29 is 4.79 Å². The maximum absolute atomic E-state index is 12.1. The molecule has 5 heteroatoms. The summed E-state index contributed by atoms with van der Waals surface area (Å²) in [6.45, 7) is 5.92. The van der Waals surface area contributed by atoms with Crippen LogP contribution in [0.1, 0.15) is 29.2 Å². The highest BCUT2D eigenvalue weighted by Gasteiger charge is 2.08. The summed E-state index contributed by atoms with van der Waals surface area (Å²) < 4.78 is 1.90. The quantitative estimate of drug-likeness (QED) is 0.535. The number of benzene rings is 2. The monoisotopic (exact) mass is 436 g/mol. The number of carbonyl (C=O) groups excluding carboxylic acids is 1. The molecule has 0 saturated heterocycles. The Morgan fingerprint density at radius 3 is 2.57 bits per heavy atom. The molecule has 0 aliphatic rings. The minimum Gasteiger partial charge on any atom is -0.273 e. The minimum atomic E-state index is -0.123. The third kappa shape index (κ3) is 5.01. The molecule has 0 spiro atoms. The van der Waals surface area contributed by atoms with Crippen molar-refractivity contribution in [2.75, 3.05) is 0 Å². The van der Waals surface area contributed by atoms with Crippen LogP contribution in [0.15, 0.2) is 50.4 Å². The topological polar surface area (TPSA) is 41.5 Å². The average molecular weight is 438 g/mol. The Labute approximate surface area is 153 Å². The Balaban J connectivity index is 2.06. The molecule has 0 aliphatic carbocycles. The lowest BCUT2D eigenvalue weighted by Gasteiger charge is -2.08. The highest BCUT2D eigenvalue weighted by atomic mass is 79.9. The van der Waals surface area contributed by atoms with Crippen LogP contribution in [0.4, 0.5) is 0 Å². The van der Waals surface area contributed by atoms with Crippen molar-refractivity contribution in [3.8, 4) is 0 Å². The number of hydrogen-bond donors (Lipinski definition) is 1. The summed E-state index contributed by atoms with van der Waals surface area (Å²) in [5.74, 6) is -0.123. The van der Waals surface area contributed by atoms with E-state index in [0.29, 0.717) is 6.42 Å². The smallest absolute Gasteiger partial charge is 0.244 e. The summed E-state index contributed by atoms with van der Waals surface area (Å²) >= 11 is 6.93. The Morgan fingerprint density at radius 1 is 1.13 bits per heavy atom. The molecular formula is C18H18Br2N2O. The SMILES string of the molecule is C/C(=N/NC(=O)Cc1ccc(C)cc1C)c1cc(Br)ccc1Br. The molecule has 0 saturated carbocycles. The molecule has 0 bridgehead atoms. The zero-order chi connectivity index (χ0) is 17.0. The number of aryl methyl sites for hydroxylation is 2. The molecule has 1 N–H and O–H groups in total. The lowest BCUT2D eigenvalue weighted by molar-refractivity contribution is -0.120. The predicted molar refractivity (Wildman–Crippen MR) is 102 cm³/mol. The van der Waals surface area contributed by atoms with Gasteiger partial charge >= 0.3 is 0 Å².